The third kappa shape index (κ3) is 3.78. The first-order valence-electron chi connectivity index (χ1n) is 9.58. The number of methoxy groups -OCH3 is 1. The first-order valence-corrected chi connectivity index (χ1v) is 9.58. The molecule has 0 saturated carbocycles. The molecule has 0 bridgehead atoms. The number of aryl methyl sites for hydroxylation is 1. The van der Waals surface area contributed by atoms with Crippen LogP contribution < -0.4 is 14.4 Å². The van der Waals surface area contributed by atoms with Crippen molar-refractivity contribution in [2.24, 2.45) is 0 Å². The lowest BCUT2D eigenvalue weighted by Gasteiger charge is -2.30. The average Bonchev–Trinajstić information content (AvgIpc) is 3.24. The van der Waals surface area contributed by atoms with Gasteiger partial charge in [0.25, 0.3) is 5.91 Å². The highest BCUT2D eigenvalue weighted by Gasteiger charge is 2.26. The highest BCUT2D eigenvalue weighted by molar-refractivity contribution is 6.08. The molecule has 0 aromatic heterocycles. The Labute approximate surface area is 159 Å². The zero-order valence-electron chi connectivity index (χ0n) is 15.6. The molecule has 142 valence electrons. The Morgan fingerprint density at radius 2 is 2.11 bits per heavy atom. The van der Waals surface area contributed by atoms with E-state index in [9.17, 15) is 4.79 Å². The van der Waals surface area contributed by atoms with Gasteiger partial charge in [-0.2, -0.15) is 0 Å². The third-order valence-electron chi connectivity index (χ3n) is 5.22. The van der Waals surface area contributed by atoms with E-state index >= 15 is 0 Å². The highest BCUT2D eigenvalue weighted by atomic mass is 16.5. The molecule has 4 rings (SSSR count). The fraction of sp³-hybridized carbons (Fsp3) is 0.409. The van der Waals surface area contributed by atoms with Gasteiger partial charge in [0.15, 0.2) is 0 Å². The van der Waals surface area contributed by atoms with Crippen LogP contribution in [0.3, 0.4) is 0 Å². The number of rotatable bonds is 5. The molecule has 0 radical (unpaired) electrons. The second-order valence-corrected chi connectivity index (χ2v) is 7.00. The van der Waals surface area contributed by atoms with Crippen molar-refractivity contribution in [3.63, 3.8) is 0 Å². The zero-order chi connectivity index (χ0) is 18.6. The molecular formula is C22H25NO4. The van der Waals surface area contributed by atoms with Gasteiger partial charge in [-0.1, -0.05) is 12.1 Å². The average molecular weight is 367 g/mol. The van der Waals surface area contributed by atoms with Gasteiger partial charge in [-0.05, 0) is 61.6 Å². The predicted octanol–water partition coefficient (Wildman–Crippen LogP) is 3.85. The van der Waals surface area contributed by atoms with Crippen LogP contribution in [0.5, 0.6) is 11.5 Å². The van der Waals surface area contributed by atoms with Crippen molar-refractivity contribution < 1.29 is 19.0 Å². The summed E-state index contributed by atoms with van der Waals surface area (Å²) in [5.74, 6) is 1.42. The molecule has 5 nitrogen and oxygen atoms in total. The minimum absolute atomic E-state index is 0.0240. The molecule has 2 aliphatic rings. The van der Waals surface area contributed by atoms with E-state index in [0.29, 0.717) is 24.5 Å². The minimum atomic E-state index is -0.0240. The lowest BCUT2D eigenvalue weighted by Crippen LogP contribution is -2.35. The van der Waals surface area contributed by atoms with Crippen LogP contribution in [0, 0.1) is 0 Å². The van der Waals surface area contributed by atoms with Gasteiger partial charge in [0.2, 0.25) is 0 Å². The van der Waals surface area contributed by atoms with Gasteiger partial charge in [-0.25, -0.2) is 0 Å². The molecule has 2 aromatic carbocycles. The molecule has 0 spiro atoms. The van der Waals surface area contributed by atoms with E-state index in [0.717, 1.165) is 49.3 Å². The van der Waals surface area contributed by atoms with Gasteiger partial charge >= 0.3 is 0 Å². The Bertz CT molecular complexity index is 814. The Morgan fingerprint density at radius 1 is 1.22 bits per heavy atom. The molecule has 2 aliphatic heterocycles. The maximum Gasteiger partial charge on any atom is 0.262 e. The molecule has 27 heavy (non-hydrogen) atoms. The maximum atomic E-state index is 13.3. The van der Waals surface area contributed by atoms with Gasteiger partial charge in [0.05, 0.1) is 18.8 Å². The van der Waals surface area contributed by atoms with Crippen molar-refractivity contribution in [3.05, 3.63) is 53.6 Å². The summed E-state index contributed by atoms with van der Waals surface area (Å²) in [7, 11) is 1.66. The molecule has 2 heterocycles. The number of anilines is 1. The summed E-state index contributed by atoms with van der Waals surface area (Å²) < 4.78 is 16.9. The van der Waals surface area contributed by atoms with Gasteiger partial charge in [0.1, 0.15) is 18.1 Å². The van der Waals surface area contributed by atoms with E-state index in [-0.39, 0.29) is 12.0 Å². The molecule has 1 atom stereocenters. The lowest BCUT2D eigenvalue weighted by atomic mass is 10.00. The fourth-order valence-corrected chi connectivity index (χ4v) is 3.78. The van der Waals surface area contributed by atoms with Crippen molar-refractivity contribution >= 4 is 11.6 Å². The van der Waals surface area contributed by atoms with Crippen LogP contribution in [-0.4, -0.2) is 38.9 Å². The van der Waals surface area contributed by atoms with Gasteiger partial charge in [-0.3, -0.25) is 4.79 Å². The van der Waals surface area contributed by atoms with Crippen LogP contribution in [0.2, 0.25) is 0 Å². The highest BCUT2D eigenvalue weighted by Crippen LogP contribution is 2.33. The SMILES string of the molecule is COc1ccc2c(c1)CCCN2C(=O)c1ccccc1OC[C@@H]1CCCO1. The van der Waals surface area contributed by atoms with E-state index in [1.54, 1.807) is 7.11 Å². The minimum Gasteiger partial charge on any atom is -0.497 e. The molecule has 1 fully saturated rings. The van der Waals surface area contributed by atoms with Crippen LogP contribution in [0.15, 0.2) is 42.5 Å². The molecular weight excluding hydrogens is 342 g/mol. The molecule has 1 amide bonds. The van der Waals surface area contributed by atoms with E-state index in [4.69, 9.17) is 14.2 Å². The number of fused-ring (bicyclic) bond motifs is 1. The van der Waals surface area contributed by atoms with Crippen LogP contribution in [0.25, 0.3) is 0 Å². The van der Waals surface area contributed by atoms with Crippen molar-refractivity contribution in [2.75, 3.05) is 31.8 Å². The lowest BCUT2D eigenvalue weighted by molar-refractivity contribution is 0.0672. The summed E-state index contributed by atoms with van der Waals surface area (Å²) in [4.78, 5) is 15.2. The van der Waals surface area contributed by atoms with Crippen molar-refractivity contribution in [1.82, 2.24) is 0 Å². The second kappa shape index (κ2) is 8.01. The molecule has 0 N–H and O–H groups in total. The van der Waals surface area contributed by atoms with Crippen molar-refractivity contribution in [3.8, 4) is 11.5 Å². The summed E-state index contributed by atoms with van der Waals surface area (Å²) in [6.07, 6.45) is 4.09. The maximum absolute atomic E-state index is 13.3. The summed E-state index contributed by atoms with van der Waals surface area (Å²) >= 11 is 0. The quantitative estimate of drug-likeness (QED) is 0.805. The third-order valence-corrected chi connectivity index (χ3v) is 5.22. The molecule has 0 unspecified atom stereocenters. The van der Waals surface area contributed by atoms with Crippen LogP contribution in [0.4, 0.5) is 5.69 Å². The number of hydrogen-bond acceptors (Lipinski definition) is 4. The van der Waals surface area contributed by atoms with Crippen LogP contribution in [0.1, 0.15) is 35.2 Å². The van der Waals surface area contributed by atoms with E-state index in [1.807, 2.05) is 47.4 Å². The van der Waals surface area contributed by atoms with Gasteiger partial charge in [-0.15, -0.1) is 0 Å². The summed E-state index contributed by atoms with van der Waals surface area (Å²) in [5, 5.41) is 0. The first kappa shape index (κ1) is 17.9. The predicted molar refractivity (Wildman–Crippen MR) is 104 cm³/mol. The zero-order valence-corrected chi connectivity index (χ0v) is 15.6. The number of carbonyl (C=O) groups is 1. The standard InChI is InChI=1S/C22H25NO4/c1-25-17-10-11-20-16(14-17)6-4-12-23(20)22(24)19-8-2-3-9-21(19)27-15-18-7-5-13-26-18/h2-3,8-11,14,18H,4-7,12-13,15H2,1H3/t18-/m0/s1. The molecule has 2 aromatic rings. The summed E-state index contributed by atoms with van der Waals surface area (Å²) in [6.45, 7) is 1.99. The van der Waals surface area contributed by atoms with Gasteiger partial charge < -0.3 is 19.1 Å². The fourth-order valence-electron chi connectivity index (χ4n) is 3.78. The number of carbonyl (C=O) groups excluding carboxylic acids is 1. The Morgan fingerprint density at radius 3 is 2.93 bits per heavy atom. The largest absolute Gasteiger partial charge is 0.497 e. The Kier molecular flexibility index (Phi) is 5.30. The van der Waals surface area contributed by atoms with E-state index in [1.165, 1.54) is 0 Å². The van der Waals surface area contributed by atoms with E-state index in [2.05, 4.69) is 0 Å². The number of amides is 1. The van der Waals surface area contributed by atoms with Crippen LogP contribution >= 0.6 is 0 Å². The molecule has 0 aliphatic carbocycles. The number of para-hydroxylation sites is 1. The smallest absolute Gasteiger partial charge is 0.262 e. The first-order chi connectivity index (χ1) is 13.3. The van der Waals surface area contributed by atoms with Crippen molar-refractivity contribution in [2.45, 2.75) is 31.8 Å². The molecule has 5 heteroatoms. The number of hydrogen-bond donors (Lipinski definition) is 0. The Balaban J connectivity index is 1.57. The summed E-state index contributed by atoms with van der Waals surface area (Å²) in [5.41, 5.74) is 2.70. The van der Waals surface area contributed by atoms with Crippen LogP contribution in [-0.2, 0) is 11.2 Å². The number of benzene rings is 2. The normalized spacial score (nSPS) is 18.9. The van der Waals surface area contributed by atoms with Crippen molar-refractivity contribution in [1.29, 1.82) is 0 Å². The van der Waals surface area contributed by atoms with Gasteiger partial charge in [0, 0.05) is 18.8 Å². The monoisotopic (exact) mass is 367 g/mol. The summed E-state index contributed by atoms with van der Waals surface area (Å²) in [6, 6.07) is 13.4. The van der Waals surface area contributed by atoms with E-state index < -0.39 is 0 Å². The topological polar surface area (TPSA) is 48.0 Å². The number of nitrogens with zero attached hydrogens (tertiary/aromatic N) is 1. The second-order valence-electron chi connectivity index (χ2n) is 7.00. The molecule has 1 saturated heterocycles. The number of ether oxygens (including phenoxy) is 3. The Hall–Kier alpha value is -2.53.